The summed E-state index contributed by atoms with van der Waals surface area (Å²) in [5.41, 5.74) is 8.04. The molecule has 1 heterocycles. The van der Waals surface area contributed by atoms with Gasteiger partial charge in [-0.1, -0.05) is 18.2 Å². The first-order chi connectivity index (χ1) is 8.16. The molecule has 84 valence electrons. The van der Waals surface area contributed by atoms with Gasteiger partial charge in [0, 0.05) is 11.5 Å². The first-order valence-corrected chi connectivity index (χ1v) is 5.28. The molecule has 1 aromatic heterocycles. The van der Waals surface area contributed by atoms with Crippen LogP contribution in [-0.2, 0) is 0 Å². The van der Waals surface area contributed by atoms with Crippen LogP contribution in [0.5, 0.6) is 0 Å². The van der Waals surface area contributed by atoms with Crippen LogP contribution in [0.2, 0.25) is 0 Å². The molecule has 0 fully saturated rings. The number of rotatable bonds is 0. The summed E-state index contributed by atoms with van der Waals surface area (Å²) in [6.45, 7) is 0. The van der Waals surface area contributed by atoms with Crippen molar-refractivity contribution in [3.8, 4) is 0 Å². The SMILES string of the molecule is Nc1c2c(nc3ccccc13)C=C(O)CC2=O. The van der Waals surface area contributed by atoms with E-state index in [2.05, 4.69) is 4.98 Å². The zero-order valence-electron chi connectivity index (χ0n) is 8.97. The average molecular weight is 226 g/mol. The zero-order valence-corrected chi connectivity index (χ0v) is 8.97. The fraction of sp³-hybridized carbons (Fsp3) is 0.0769. The van der Waals surface area contributed by atoms with Gasteiger partial charge in [0.05, 0.1) is 28.9 Å². The van der Waals surface area contributed by atoms with Gasteiger partial charge in [0.1, 0.15) is 5.76 Å². The van der Waals surface area contributed by atoms with Crippen molar-refractivity contribution in [1.82, 2.24) is 4.98 Å². The van der Waals surface area contributed by atoms with Crippen LogP contribution in [0, 0.1) is 0 Å². The Morgan fingerprint density at radius 3 is 2.88 bits per heavy atom. The number of ketones is 1. The zero-order chi connectivity index (χ0) is 12.0. The summed E-state index contributed by atoms with van der Waals surface area (Å²) >= 11 is 0. The number of allylic oxidation sites excluding steroid dienone is 1. The number of fused-ring (bicyclic) bond motifs is 2. The highest BCUT2D eigenvalue weighted by atomic mass is 16.3. The molecule has 17 heavy (non-hydrogen) atoms. The van der Waals surface area contributed by atoms with Crippen molar-refractivity contribution in [2.24, 2.45) is 0 Å². The Labute approximate surface area is 97.4 Å². The third-order valence-electron chi connectivity index (χ3n) is 2.88. The monoisotopic (exact) mass is 226 g/mol. The Hall–Kier alpha value is -2.36. The lowest BCUT2D eigenvalue weighted by Gasteiger charge is -2.15. The van der Waals surface area contributed by atoms with Crippen LogP contribution in [-0.4, -0.2) is 15.9 Å². The molecular weight excluding hydrogens is 216 g/mol. The number of nitrogens with two attached hydrogens (primary N) is 1. The molecule has 2 aromatic rings. The number of carbonyl (C=O) groups is 1. The van der Waals surface area contributed by atoms with Crippen molar-refractivity contribution in [2.75, 3.05) is 5.73 Å². The van der Waals surface area contributed by atoms with E-state index in [0.29, 0.717) is 16.9 Å². The summed E-state index contributed by atoms with van der Waals surface area (Å²) in [6.07, 6.45) is 1.50. The van der Waals surface area contributed by atoms with Crippen LogP contribution < -0.4 is 5.73 Å². The molecule has 3 rings (SSSR count). The number of nitrogens with zero attached hydrogens (tertiary/aromatic N) is 1. The molecular formula is C13H10N2O2. The van der Waals surface area contributed by atoms with Gasteiger partial charge in [-0.2, -0.15) is 0 Å². The Bertz CT molecular complexity index is 674. The topological polar surface area (TPSA) is 76.2 Å². The highest BCUT2D eigenvalue weighted by molar-refractivity contribution is 6.12. The molecule has 1 aliphatic carbocycles. The van der Waals surface area contributed by atoms with Crippen LogP contribution in [0.25, 0.3) is 17.0 Å². The van der Waals surface area contributed by atoms with Gasteiger partial charge in [0.15, 0.2) is 5.78 Å². The second kappa shape index (κ2) is 3.31. The summed E-state index contributed by atoms with van der Waals surface area (Å²) < 4.78 is 0. The quantitative estimate of drug-likeness (QED) is 0.722. The maximum absolute atomic E-state index is 11.8. The number of pyridine rings is 1. The predicted molar refractivity (Wildman–Crippen MR) is 65.7 cm³/mol. The van der Waals surface area contributed by atoms with E-state index in [0.717, 1.165) is 10.9 Å². The van der Waals surface area contributed by atoms with Gasteiger partial charge in [-0.3, -0.25) is 4.79 Å². The highest BCUT2D eigenvalue weighted by Crippen LogP contribution is 2.31. The summed E-state index contributed by atoms with van der Waals surface area (Å²) in [5, 5.41) is 10.2. The largest absolute Gasteiger partial charge is 0.512 e. The molecule has 0 bridgehead atoms. The Morgan fingerprint density at radius 2 is 2.06 bits per heavy atom. The molecule has 0 aliphatic heterocycles. The van der Waals surface area contributed by atoms with Crippen LogP contribution in [0.15, 0.2) is 30.0 Å². The van der Waals surface area contributed by atoms with Crippen LogP contribution in [0.1, 0.15) is 22.5 Å². The molecule has 1 aliphatic rings. The summed E-state index contributed by atoms with van der Waals surface area (Å²) in [5.74, 6) is -0.152. The second-order valence-corrected chi connectivity index (χ2v) is 4.04. The van der Waals surface area contributed by atoms with E-state index in [1.54, 1.807) is 0 Å². The van der Waals surface area contributed by atoms with Crippen LogP contribution in [0.4, 0.5) is 5.69 Å². The number of nitrogen functional groups attached to an aromatic ring is 1. The minimum Gasteiger partial charge on any atom is -0.512 e. The van der Waals surface area contributed by atoms with E-state index in [1.165, 1.54) is 6.08 Å². The number of para-hydroxylation sites is 1. The van der Waals surface area contributed by atoms with Gasteiger partial charge in [-0.05, 0) is 6.07 Å². The third kappa shape index (κ3) is 1.38. The Morgan fingerprint density at radius 1 is 1.29 bits per heavy atom. The maximum atomic E-state index is 11.8. The van der Waals surface area contributed by atoms with E-state index in [4.69, 9.17) is 5.73 Å². The number of aromatic nitrogens is 1. The smallest absolute Gasteiger partial charge is 0.174 e. The molecule has 0 atom stereocenters. The van der Waals surface area contributed by atoms with Crippen molar-refractivity contribution in [3.63, 3.8) is 0 Å². The van der Waals surface area contributed by atoms with E-state index in [1.807, 2.05) is 24.3 Å². The molecule has 0 unspecified atom stereocenters. The summed E-state index contributed by atoms with van der Waals surface area (Å²) in [4.78, 5) is 16.2. The lowest BCUT2D eigenvalue weighted by molar-refractivity contribution is 0.0979. The third-order valence-corrected chi connectivity index (χ3v) is 2.88. The molecule has 4 heteroatoms. The maximum Gasteiger partial charge on any atom is 0.174 e. The number of aliphatic hydroxyl groups is 1. The van der Waals surface area contributed by atoms with Crippen LogP contribution in [0.3, 0.4) is 0 Å². The number of hydrogen-bond acceptors (Lipinski definition) is 4. The standard InChI is InChI=1S/C13H10N2O2/c14-13-8-3-1-2-4-9(8)15-10-5-7(16)6-11(17)12(10)13/h1-5,16H,6H2,(H2,14,15). The van der Waals surface area contributed by atoms with E-state index in [-0.39, 0.29) is 18.0 Å². The molecule has 1 aromatic carbocycles. The van der Waals surface area contributed by atoms with Gasteiger partial charge < -0.3 is 10.8 Å². The lowest BCUT2D eigenvalue weighted by Crippen LogP contribution is -2.13. The lowest BCUT2D eigenvalue weighted by atomic mass is 9.95. The molecule has 3 N–H and O–H groups in total. The first-order valence-electron chi connectivity index (χ1n) is 5.28. The molecule has 0 amide bonds. The fourth-order valence-electron chi connectivity index (χ4n) is 2.12. The number of benzene rings is 1. The van der Waals surface area contributed by atoms with E-state index >= 15 is 0 Å². The van der Waals surface area contributed by atoms with Crippen molar-refractivity contribution >= 4 is 28.4 Å². The summed E-state index contributed by atoms with van der Waals surface area (Å²) in [6, 6.07) is 7.38. The van der Waals surface area contributed by atoms with Gasteiger partial charge in [-0.15, -0.1) is 0 Å². The number of hydrogen-bond donors (Lipinski definition) is 2. The second-order valence-electron chi connectivity index (χ2n) is 4.04. The number of anilines is 1. The van der Waals surface area contributed by atoms with E-state index in [9.17, 15) is 9.90 Å². The number of aliphatic hydroxyl groups excluding tert-OH is 1. The highest BCUT2D eigenvalue weighted by Gasteiger charge is 2.23. The van der Waals surface area contributed by atoms with Gasteiger partial charge in [-0.25, -0.2) is 4.98 Å². The molecule has 0 spiro atoms. The van der Waals surface area contributed by atoms with Crippen molar-refractivity contribution < 1.29 is 9.90 Å². The van der Waals surface area contributed by atoms with Gasteiger partial charge >= 0.3 is 0 Å². The molecule has 4 nitrogen and oxygen atoms in total. The first kappa shape index (κ1) is 9.84. The minimum atomic E-state index is -0.184. The average Bonchev–Trinajstić information content (AvgIpc) is 2.28. The van der Waals surface area contributed by atoms with Crippen molar-refractivity contribution in [1.29, 1.82) is 0 Å². The number of carbonyl (C=O) groups excluding carboxylic acids is 1. The molecule has 0 saturated heterocycles. The van der Waals surface area contributed by atoms with Crippen LogP contribution >= 0.6 is 0 Å². The molecule has 0 radical (unpaired) electrons. The van der Waals surface area contributed by atoms with Gasteiger partial charge in [0.2, 0.25) is 0 Å². The van der Waals surface area contributed by atoms with Gasteiger partial charge in [0.25, 0.3) is 0 Å². The normalized spacial score (nSPS) is 14.6. The van der Waals surface area contributed by atoms with Crippen molar-refractivity contribution in [2.45, 2.75) is 6.42 Å². The van der Waals surface area contributed by atoms with E-state index < -0.39 is 0 Å². The molecule has 0 saturated carbocycles. The predicted octanol–water partition coefficient (Wildman–Crippen LogP) is 2.30. The fourth-order valence-corrected chi connectivity index (χ4v) is 2.12. The Kier molecular flexibility index (Phi) is 1.92. The minimum absolute atomic E-state index is 0.00276. The summed E-state index contributed by atoms with van der Waals surface area (Å²) in [7, 11) is 0. The number of Topliss-reactive ketones (excluding diaryl/α,β-unsaturated/α-hetero) is 1. The Balaban J connectivity index is 2.44. The van der Waals surface area contributed by atoms with Crippen molar-refractivity contribution in [3.05, 3.63) is 41.3 Å².